The summed E-state index contributed by atoms with van der Waals surface area (Å²) in [7, 11) is -1.61. The second-order valence-corrected chi connectivity index (χ2v) is 10.1. The van der Waals surface area contributed by atoms with Gasteiger partial charge < -0.3 is 4.57 Å². The summed E-state index contributed by atoms with van der Waals surface area (Å²) >= 11 is 6.20. The van der Waals surface area contributed by atoms with Crippen LogP contribution in [0.2, 0.25) is 5.02 Å². The van der Waals surface area contributed by atoms with Gasteiger partial charge >= 0.3 is 0 Å². The second kappa shape index (κ2) is 8.17. The van der Waals surface area contributed by atoms with E-state index in [0.717, 1.165) is 41.4 Å². The topological polar surface area (TPSA) is 73.0 Å². The van der Waals surface area contributed by atoms with Crippen molar-refractivity contribution in [2.45, 2.75) is 45.5 Å². The number of hydrogen-bond acceptors (Lipinski definition) is 4. The van der Waals surface area contributed by atoms with Gasteiger partial charge in [0, 0.05) is 61.3 Å². The highest BCUT2D eigenvalue weighted by Crippen LogP contribution is 2.32. The molecule has 7 nitrogen and oxygen atoms in total. The maximum atomic E-state index is 13.2. The van der Waals surface area contributed by atoms with Gasteiger partial charge in [0.25, 0.3) is 0 Å². The van der Waals surface area contributed by atoms with Gasteiger partial charge in [0.1, 0.15) is 5.69 Å². The number of nitrogens with zero attached hydrogens (tertiary/aromatic N) is 5. The molecule has 1 aromatic carbocycles. The average Bonchev–Trinajstić information content (AvgIpc) is 3.23. The molecule has 30 heavy (non-hydrogen) atoms. The third kappa shape index (κ3) is 3.79. The number of sulfonamides is 1. The Bertz CT molecular complexity index is 1180. The Balaban J connectivity index is 1.68. The molecule has 0 fully saturated rings. The Hall–Kier alpha value is -2.16. The molecule has 160 valence electrons. The first-order valence-electron chi connectivity index (χ1n) is 10.1. The molecule has 0 unspecified atom stereocenters. The average molecular weight is 448 g/mol. The van der Waals surface area contributed by atoms with Crippen LogP contribution in [0.5, 0.6) is 0 Å². The molecule has 4 rings (SSSR count). The smallest absolute Gasteiger partial charge is 0.218 e. The lowest BCUT2D eigenvalue weighted by Crippen LogP contribution is -2.37. The quantitative estimate of drug-likeness (QED) is 0.579. The molecule has 0 amide bonds. The number of rotatable bonds is 6. The maximum absolute atomic E-state index is 13.2. The van der Waals surface area contributed by atoms with E-state index in [1.54, 1.807) is 28.6 Å². The molecule has 1 aliphatic heterocycles. The summed E-state index contributed by atoms with van der Waals surface area (Å²) in [4.78, 5) is 4.59. The standard InChI is InChI=1S/C21H26ClN5O2S/c1-4-10-27-15(2)12-23-21(27)20-17-13-26(11-9-19(17)25(3)24-20)30(28,29)14-16-7-5-6-8-18(16)22/h5-8,12H,4,9-11,13-14H2,1-3H3. The highest BCUT2D eigenvalue weighted by atomic mass is 35.5. The molecule has 0 saturated carbocycles. The van der Waals surface area contributed by atoms with Gasteiger partial charge in [-0.3, -0.25) is 4.68 Å². The fraction of sp³-hybridized carbons (Fsp3) is 0.429. The third-order valence-corrected chi connectivity index (χ3v) is 7.75. The zero-order chi connectivity index (χ0) is 21.5. The van der Waals surface area contributed by atoms with E-state index in [2.05, 4.69) is 16.5 Å². The Kier molecular flexibility index (Phi) is 5.74. The largest absolute Gasteiger partial charge is 0.327 e. The predicted molar refractivity (Wildman–Crippen MR) is 118 cm³/mol. The van der Waals surface area contributed by atoms with Crippen LogP contribution in [0.4, 0.5) is 0 Å². The first kappa shape index (κ1) is 21.1. The van der Waals surface area contributed by atoms with Crippen molar-refractivity contribution in [1.29, 1.82) is 0 Å². The van der Waals surface area contributed by atoms with Crippen molar-refractivity contribution < 1.29 is 8.42 Å². The summed E-state index contributed by atoms with van der Waals surface area (Å²) in [5, 5.41) is 5.19. The van der Waals surface area contributed by atoms with Gasteiger partial charge in [-0.2, -0.15) is 9.40 Å². The van der Waals surface area contributed by atoms with Crippen LogP contribution in [0.15, 0.2) is 30.5 Å². The Morgan fingerprint density at radius 3 is 2.73 bits per heavy atom. The van der Waals surface area contributed by atoms with E-state index in [1.807, 2.05) is 24.9 Å². The number of fused-ring (bicyclic) bond motifs is 1. The van der Waals surface area contributed by atoms with E-state index in [0.29, 0.717) is 30.1 Å². The molecule has 3 heterocycles. The number of aryl methyl sites for hydroxylation is 2. The SMILES string of the molecule is CCCn1c(C)cnc1-c1nn(C)c2c1CN(S(=O)(=O)Cc1ccccc1Cl)CC2. The van der Waals surface area contributed by atoms with Gasteiger partial charge in [-0.05, 0) is 25.0 Å². The van der Waals surface area contributed by atoms with Crippen LogP contribution in [0.3, 0.4) is 0 Å². The van der Waals surface area contributed by atoms with E-state index in [9.17, 15) is 8.42 Å². The van der Waals surface area contributed by atoms with Crippen LogP contribution < -0.4 is 0 Å². The van der Waals surface area contributed by atoms with E-state index in [4.69, 9.17) is 16.7 Å². The fourth-order valence-electron chi connectivity index (χ4n) is 4.04. The van der Waals surface area contributed by atoms with Gasteiger partial charge in [-0.25, -0.2) is 13.4 Å². The predicted octanol–water partition coefficient (Wildman–Crippen LogP) is 3.54. The van der Waals surface area contributed by atoms with Crippen LogP contribution in [0.25, 0.3) is 11.5 Å². The fourth-order valence-corrected chi connectivity index (χ4v) is 5.85. The Morgan fingerprint density at radius 2 is 2.00 bits per heavy atom. The van der Waals surface area contributed by atoms with Gasteiger partial charge in [0.05, 0.1) is 5.75 Å². The first-order chi connectivity index (χ1) is 14.3. The molecule has 0 aliphatic carbocycles. The van der Waals surface area contributed by atoms with Gasteiger partial charge in [0.2, 0.25) is 10.0 Å². The lowest BCUT2D eigenvalue weighted by atomic mass is 10.1. The molecule has 2 aromatic heterocycles. The highest BCUT2D eigenvalue weighted by Gasteiger charge is 2.32. The van der Waals surface area contributed by atoms with E-state index in [1.165, 1.54) is 0 Å². The van der Waals surface area contributed by atoms with Crippen LogP contribution in [0, 0.1) is 6.92 Å². The van der Waals surface area contributed by atoms with Crippen LogP contribution in [-0.4, -0.2) is 38.6 Å². The number of hydrogen-bond donors (Lipinski definition) is 0. The van der Waals surface area contributed by atoms with Gasteiger partial charge in [0.15, 0.2) is 5.82 Å². The van der Waals surface area contributed by atoms with Crippen molar-refractivity contribution in [3.63, 3.8) is 0 Å². The summed E-state index contributed by atoms with van der Waals surface area (Å²) in [5.74, 6) is 0.692. The zero-order valence-corrected chi connectivity index (χ0v) is 19.0. The molecule has 9 heteroatoms. The highest BCUT2D eigenvalue weighted by molar-refractivity contribution is 7.88. The molecule has 1 aliphatic rings. The Labute approximate surface area is 182 Å². The third-order valence-electron chi connectivity index (χ3n) is 5.61. The molecular weight excluding hydrogens is 422 g/mol. The van der Waals surface area contributed by atoms with E-state index >= 15 is 0 Å². The van der Waals surface area contributed by atoms with Crippen molar-refractivity contribution >= 4 is 21.6 Å². The van der Waals surface area contributed by atoms with Crippen LogP contribution >= 0.6 is 11.6 Å². The molecular formula is C21H26ClN5O2S. The van der Waals surface area contributed by atoms with Crippen molar-refractivity contribution in [1.82, 2.24) is 23.6 Å². The summed E-state index contributed by atoms with van der Waals surface area (Å²) in [6.45, 7) is 5.73. The molecule has 0 atom stereocenters. The molecule has 0 saturated heterocycles. The van der Waals surface area contributed by atoms with Crippen molar-refractivity contribution in [2.75, 3.05) is 6.54 Å². The number of aromatic nitrogens is 4. The number of imidazole rings is 1. The zero-order valence-electron chi connectivity index (χ0n) is 17.5. The molecule has 0 N–H and O–H groups in total. The molecule has 0 spiro atoms. The number of benzene rings is 1. The lowest BCUT2D eigenvalue weighted by Gasteiger charge is -2.27. The normalized spacial score (nSPS) is 14.8. The Morgan fingerprint density at radius 1 is 1.23 bits per heavy atom. The minimum Gasteiger partial charge on any atom is -0.327 e. The van der Waals surface area contributed by atoms with Gasteiger partial charge in [-0.15, -0.1) is 0 Å². The summed E-state index contributed by atoms with van der Waals surface area (Å²) in [6.07, 6.45) is 3.45. The summed E-state index contributed by atoms with van der Waals surface area (Å²) in [6, 6.07) is 7.08. The maximum Gasteiger partial charge on any atom is 0.218 e. The molecule has 3 aromatic rings. The number of halogens is 1. The van der Waals surface area contributed by atoms with Crippen molar-refractivity contribution in [3.05, 3.63) is 58.0 Å². The second-order valence-electron chi connectivity index (χ2n) is 7.70. The summed E-state index contributed by atoms with van der Waals surface area (Å²) in [5.41, 5.74) is 4.47. The monoisotopic (exact) mass is 447 g/mol. The van der Waals surface area contributed by atoms with Crippen LogP contribution in [-0.2, 0) is 42.3 Å². The molecule has 0 radical (unpaired) electrons. The van der Waals surface area contributed by atoms with E-state index < -0.39 is 10.0 Å². The minimum atomic E-state index is -3.52. The first-order valence-corrected chi connectivity index (χ1v) is 12.1. The summed E-state index contributed by atoms with van der Waals surface area (Å²) < 4.78 is 31.9. The van der Waals surface area contributed by atoms with Crippen molar-refractivity contribution in [3.8, 4) is 11.5 Å². The lowest BCUT2D eigenvalue weighted by molar-refractivity contribution is 0.385. The minimum absolute atomic E-state index is 0.110. The van der Waals surface area contributed by atoms with Crippen molar-refractivity contribution in [2.24, 2.45) is 7.05 Å². The van der Waals surface area contributed by atoms with Crippen LogP contribution in [0.1, 0.15) is 35.9 Å². The van der Waals surface area contributed by atoms with E-state index in [-0.39, 0.29) is 5.75 Å². The molecule has 0 bridgehead atoms. The van der Waals surface area contributed by atoms with Gasteiger partial charge in [-0.1, -0.05) is 36.7 Å².